The first kappa shape index (κ1) is 60.0. The summed E-state index contributed by atoms with van der Waals surface area (Å²) in [5.41, 5.74) is 1.49. The molecule has 0 saturated heterocycles. The highest BCUT2D eigenvalue weighted by molar-refractivity contribution is 5.89. The molecule has 1 aliphatic carbocycles. The highest BCUT2D eigenvalue weighted by Crippen LogP contribution is 2.43. The number of carbonyl (C=O) groups excluding carboxylic acids is 2. The summed E-state index contributed by atoms with van der Waals surface area (Å²) >= 11 is 0. The van der Waals surface area contributed by atoms with Crippen LogP contribution >= 0.6 is 0 Å². The molecule has 2 aromatic carbocycles. The number of ether oxygens (including phenoxy) is 8. The van der Waals surface area contributed by atoms with Gasteiger partial charge in [0.1, 0.15) is 12.2 Å². The predicted molar refractivity (Wildman–Crippen MR) is 287 cm³/mol. The average molecular weight is 977 g/mol. The zero-order valence-corrected chi connectivity index (χ0v) is 44.9. The number of esters is 2. The van der Waals surface area contributed by atoms with Crippen LogP contribution in [0.2, 0.25) is 0 Å². The van der Waals surface area contributed by atoms with Crippen LogP contribution < -0.4 is 28.4 Å². The van der Waals surface area contributed by atoms with Gasteiger partial charge in [-0.25, -0.2) is 9.59 Å². The molecule has 396 valence electrons. The van der Waals surface area contributed by atoms with E-state index in [0.717, 1.165) is 127 Å². The molecule has 1 fully saturated rings. The minimum absolute atomic E-state index is 0.271. The minimum Gasteiger partial charge on any atom is -0.490 e. The third-order valence-corrected chi connectivity index (χ3v) is 12.7. The molecule has 1 aliphatic rings. The maximum Gasteiger partial charge on any atom is 0.331 e. The summed E-state index contributed by atoms with van der Waals surface area (Å²) in [6, 6.07) is 7.74. The van der Waals surface area contributed by atoms with Crippen LogP contribution in [0.25, 0.3) is 12.2 Å². The van der Waals surface area contributed by atoms with Gasteiger partial charge in [0.25, 0.3) is 0 Å². The molecular formula is C60H96O10. The molecule has 10 heteroatoms. The summed E-state index contributed by atoms with van der Waals surface area (Å²) in [4.78, 5) is 26.6. The first-order chi connectivity index (χ1) is 34.4. The third kappa shape index (κ3) is 25.2. The number of benzene rings is 2. The van der Waals surface area contributed by atoms with E-state index < -0.39 is 11.9 Å². The Labute approximate surface area is 425 Å². The maximum atomic E-state index is 13.3. The SMILES string of the molecule is CCCCCCOc1ccc(/C=C/C(=O)O[C@H]2CC[C@H](OC(=O)/C=C/c3ccc(OCCCCCC)c(OCCCCCC)c3OCCCCCC)CC2)c(OCCCCCC)c1OCCCCCC. The van der Waals surface area contributed by atoms with Gasteiger partial charge in [-0.15, -0.1) is 0 Å². The molecule has 70 heavy (non-hydrogen) atoms. The van der Waals surface area contributed by atoms with Crippen LogP contribution in [0.4, 0.5) is 0 Å². The van der Waals surface area contributed by atoms with Crippen molar-refractivity contribution in [3.05, 3.63) is 47.5 Å². The van der Waals surface area contributed by atoms with Crippen molar-refractivity contribution in [2.45, 2.75) is 234 Å². The second-order valence-corrected chi connectivity index (χ2v) is 19.0. The van der Waals surface area contributed by atoms with Gasteiger partial charge in [-0.2, -0.15) is 0 Å². The van der Waals surface area contributed by atoms with Gasteiger partial charge in [-0.05, 0) is 101 Å². The highest BCUT2D eigenvalue weighted by Gasteiger charge is 2.26. The van der Waals surface area contributed by atoms with Gasteiger partial charge in [-0.3, -0.25) is 0 Å². The number of carbonyl (C=O) groups is 2. The lowest BCUT2D eigenvalue weighted by Gasteiger charge is -2.27. The summed E-state index contributed by atoms with van der Waals surface area (Å²) in [5, 5.41) is 0. The smallest absolute Gasteiger partial charge is 0.331 e. The van der Waals surface area contributed by atoms with Crippen molar-refractivity contribution in [2.24, 2.45) is 0 Å². The standard InChI is InChI=1S/C60H96O10/c1-7-13-19-25-43-63-53-39-31-49(57(65-45-27-21-15-9-3)59(53)67-47-29-23-17-11-5)33-41-55(61)69-51-35-37-52(38-36-51)70-56(62)42-34-50-32-40-54(64-44-26-20-14-8-2)60(68-48-30-24-18-12-6)58(50)66-46-28-22-16-10-4/h31-34,39-42,51-52H,7-30,35-38,43-48H2,1-6H3/b41-33+,42-34+/t51-,52-. The van der Waals surface area contributed by atoms with E-state index in [-0.39, 0.29) is 12.2 Å². The third-order valence-electron chi connectivity index (χ3n) is 12.7. The van der Waals surface area contributed by atoms with Gasteiger partial charge < -0.3 is 37.9 Å². The molecule has 0 spiro atoms. The largest absolute Gasteiger partial charge is 0.490 e. The fourth-order valence-corrected chi connectivity index (χ4v) is 8.41. The Balaban J connectivity index is 1.68. The van der Waals surface area contributed by atoms with Gasteiger partial charge in [-0.1, -0.05) is 157 Å². The molecule has 0 amide bonds. The van der Waals surface area contributed by atoms with Gasteiger partial charge in [0.2, 0.25) is 11.5 Å². The van der Waals surface area contributed by atoms with Gasteiger partial charge in [0.05, 0.1) is 39.6 Å². The van der Waals surface area contributed by atoms with E-state index in [4.69, 9.17) is 37.9 Å². The normalized spacial score (nSPS) is 14.8. The first-order valence-electron chi connectivity index (χ1n) is 28.3. The Bertz CT molecular complexity index is 1600. The summed E-state index contributed by atoms with van der Waals surface area (Å²) in [7, 11) is 0. The van der Waals surface area contributed by atoms with Crippen LogP contribution in [0, 0.1) is 0 Å². The summed E-state index contributed by atoms with van der Waals surface area (Å²) in [6.07, 6.45) is 34.6. The highest BCUT2D eigenvalue weighted by atomic mass is 16.6. The number of unbranched alkanes of at least 4 members (excludes halogenated alkanes) is 18. The second-order valence-electron chi connectivity index (χ2n) is 19.0. The molecule has 0 aromatic heterocycles. The Morgan fingerprint density at radius 2 is 0.643 bits per heavy atom. The van der Waals surface area contributed by atoms with Crippen LogP contribution in [-0.4, -0.2) is 63.8 Å². The van der Waals surface area contributed by atoms with E-state index in [9.17, 15) is 9.59 Å². The van der Waals surface area contributed by atoms with Crippen molar-refractivity contribution >= 4 is 24.1 Å². The molecule has 0 aliphatic heterocycles. The maximum absolute atomic E-state index is 13.3. The molecule has 3 rings (SSSR count). The number of hydrogen-bond acceptors (Lipinski definition) is 10. The molecular weight excluding hydrogens is 881 g/mol. The molecule has 1 saturated carbocycles. The quantitative estimate of drug-likeness (QED) is 0.0362. The molecule has 0 radical (unpaired) electrons. The van der Waals surface area contributed by atoms with Crippen molar-refractivity contribution < 1.29 is 47.5 Å². The summed E-state index contributed by atoms with van der Waals surface area (Å²) in [5.74, 6) is 2.94. The first-order valence-corrected chi connectivity index (χ1v) is 28.3. The van der Waals surface area contributed by atoms with Crippen LogP contribution in [0.15, 0.2) is 36.4 Å². The monoisotopic (exact) mass is 977 g/mol. The van der Waals surface area contributed by atoms with Crippen LogP contribution in [0.5, 0.6) is 34.5 Å². The number of rotatable bonds is 42. The van der Waals surface area contributed by atoms with E-state index >= 15 is 0 Å². The fraction of sp³-hybridized carbons (Fsp3) is 0.700. The zero-order valence-electron chi connectivity index (χ0n) is 44.9. The summed E-state index contributed by atoms with van der Waals surface area (Å²) in [6.45, 7) is 16.7. The van der Waals surface area contributed by atoms with E-state index in [1.807, 2.05) is 24.3 Å². The average Bonchev–Trinajstić information content (AvgIpc) is 3.36. The van der Waals surface area contributed by atoms with Gasteiger partial charge in [0, 0.05) is 23.3 Å². The lowest BCUT2D eigenvalue weighted by molar-refractivity contribution is -0.151. The molecule has 0 atom stereocenters. The molecule has 10 nitrogen and oxygen atoms in total. The van der Waals surface area contributed by atoms with Gasteiger partial charge in [0.15, 0.2) is 23.0 Å². The Morgan fingerprint density at radius 1 is 0.371 bits per heavy atom. The van der Waals surface area contributed by atoms with E-state index in [1.54, 1.807) is 12.2 Å². The summed E-state index contributed by atoms with van der Waals surface area (Å²) < 4.78 is 50.3. The Morgan fingerprint density at radius 3 is 0.929 bits per heavy atom. The molecule has 0 heterocycles. The predicted octanol–water partition coefficient (Wildman–Crippen LogP) is 16.6. The van der Waals surface area contributed by atoms with E-state index in [0.29, 0.717) is 99.8 Å². The van der Waals surface area contributed by atoms with Crippen LogP contribution in [-0.2, 0) is 19.1 Å². The van der Waals surface area contributed by atoms with Crippen molar-refractivity contribution in [2.75, 3.05) is 39.6 Å². The lowest BCUT2D eigenvalue weighted by atomic mass is 9.95. The van der Waals surface area contributed by atoms with Crippen molar-refractivity contribution in [3.8, 4) is 34.5 Å². The number of hydrogen-bond donors (Lipinski definition) is 0. The second kappa shape index (κ2) is 39.3. The minimum atomic E-state index is -0.420. The van der Waals surface area contributed by atoms with E-state index in [1.165, 1.54) is 50.7 Å². The van der Waals surface area contributed by atoms with Gasteiger partial charge >= 0.3 is 11.9 Å². The van der Waals surface area contributed by atoms with Crippen LogP contribution in [0.3, 0.4) is 0 Å². The Kier molecular flexibility index (Phi) is 33.7. The van der Waals surface area contributed by atoms with E-state index in [2.05, 4.69) is 41.5 Å². The molecule has 0 bridgehead atoms. The molecule has 0 N–H and O–H groups in total. The Hall–Kier alpha value is -4.34. The van der Waals surface area contributed by atoms with Crippen LogP contribution in [0.1, 0.15) is 232 Å². The van der Waals surface area contributed by atoms with Crippen molar-refractivity contribution in [1.29, 1.82) is 0 Å². The molecule has 2 aromatic rings. The van der Waals surface area contributed by atoms with Crippen molar-refractivity contribution in [1.82, 2.24) is 0 Å². The lowest BCUT2D eigenvalue weighted by Crippen LogP contribution is -2.29. The topological polar surface area (TPSA) is 108 Å². The fourth-order valence-electron chi connectivity index (χ4n) is 8.41. The molecule has 0 unspecified atom stereocenters. The zero-order chi connectivity index (χ0) is 50.3. The van der Waals surface area contributed by atoms with Crippen molar-refractivity contribution in [3.63, 3.8) is 0 Å².